The van der Waals surface area contributed by atoms with Crippen molar-refractivity contribution < 1.29 is 14.3 Å². The maximum absolute atomic E-state index is 12.2. The molecule has 2 heterocycles. The zero-order chi connectivity index (χ0) is 17.1. The van der Waals surface area contributed by atoms with Crippen LogP contribution in [-0.2, 0) is 16.0 Å². The molecule has 8 heteroatoms. The number of benzene rings is 1. The van der Waals surface area contributed by atoms with E-state index < -0.39 is 6.04 Å². The molecule has 8 nitrogen and oxygen atoms in total. The van der Waals surface area contributed by atoms with E-state index in [0.29, 0.717) is 30.5 Å². The molecule has 0 unspecified atom stereocenters. The van der Waals surface area contributed by atoms with Gasteiger partial charge in [-0.15, -0.1) is 0 Å². The number of carbonyl (C=O) groups excluding carboxylic acids is 2. The van der Waals surface area contributed by atoms with Crippen molar-refractivity contribution in [2.24, 2.45) is 0 Å². The Labute approximate surface area is 139 Å². The van der Waals surface area contributed by atoms with Crippen molar-refractivity contribution in [2.45, 2.75) is 32.7 Å². The van der Waals surface area contributed by atoms with E-state index in [0.717, 1.165) is 5.75 Å². The Hall–Kier alpha value is -2.90. The summed E-state index contributed by atoms with van der Waals surface area (Å²) in [6.07, 6.45) is 0.666. The lowest BCUT2D eigenvalue weighted by Gasteiger charge is -2.10. The number of carbonyl (C=O) groups is 2. The van der Waals surface area contributed by atoms with Crippen molar-refractivity contribution in [1.82, 2.24) is 14.8 Å². The van der Waals surface area contributed by atoms with Crippen molar-refractivity contribution in [1.29, 1.82) is 0 Å². The fraction of sp³-hybridized carbons (Fsp3) is 0.375. The molecule has 0 bridgehead atoms. The zero-order valence-electron chi connectivity index (χ0n) is 13.6. The summed E-state index contributed by atoms with van der Waals surface area (Å²) in [5, 5.41) is 9.68. The molecule has 2 amide bonds. The third kappa shape index (κ3) is 3.22. The van der Waals surface area contributed by atoms with Crippen LogP contribution < -0.4 is 15.4 Å². The average Bonchev–Trinajstić information content (AvgIpc) is 3.08. The van der Waals surface area contributed by atoms with Gasteiger partial charge in [0.15, 0.2) is 5.82 Å². The van der Waals surface area contributed by atoms with Crippen LogP contribution in [0.1, 0.15) is 32.1 Å². The second-order valence-corrected chi connectivity index (χ2v) is 5.36. The maximum Gasteiger partial charge on any atom is 0.252 e. The zero-order valence-corrected chi connectivity index (χ0v) is 13.6. The fourth-order valence-electron chi connectivity index (χ4n) is 2.49. The van der Waals surface area contributed by atoms with Gasteiger partial charge in [0.1, 0.15) is 11.8 Å². The lowest BCUT2D eigenvalue weighted by atomic mass is 10.2. The molecule has 0 fully saturated rings. The lowest BCUT2D eigenvalue weighted by molar-refractivity contribution is -0.123. The highest BCUT2D eigenvalue weighted by Gasteiger charge is 2.34. The number of amides is 2. The van der Waals surface area contributed by atoms with Crippen molar-refractivity contribution >= 4 is 23.5 Å². The summed E-state index contributed by atoms with van der Waals surface area (Å²) in [6.45, 7) is 4.42. The summed E-state index contributed by atoms with van der Waals surface area (Å²) in [4.78, 5) is 28.4. The van der Waals surface area contributed by atoms with Crippen molar-refractivity contribution in [3.05, 3.63) is 30.1 Å². The van der Waals surface area contributed by atoms with Gasteiger partial charge in [0, 0.05) is 12.1 Å². The highest BCUT2D eigenvalue weighted by Crippen LogP contribution is 2.25. The highest BCUT2D eigenvalue weighted by molar-refractivity contribution is 6.00. The Morgan fingerprint density at radius 3 is 2.75 bits per heavy atom. The van der Waals surface area contributed by atoms with Gasteiger partial charge in [0.25, 0.3) is 5.91 Å². The number of hydrogen-bond donors (Lipinski definition) is 2. The van der Waals surface area contributed by atoms with Crippen LogP contribution in [0.5, 0.6) is 5.75 Å². The predicted molar refractivity (Wildman–Crippen MR) is 87.9 cm³/mol. The summed E-state index contributed by atoms with van der Waals surface area (Å²) in [5.41, 5.74) is 0.648. The molecule has 1 aromatic carbocycles. The number of aromatic nitrogens is 3. The van der Waals surface area contributed by atoms with E-state index >= 15 is 0 Å². The molecular formula is C16H19N5O3. The normalized spacial score (nSPS) is 15.8. The summed E-state index contributed by atoms with van der Waals surface area (Å²) >= 11 is 0. The number of fused-ring (bicyclic) bond motifs is 1. The number of anilines is 2. The molecule has 2 N–H and O–H groups in total. The fourth-order valence-corrected chi connectivity index (χ4v) is 2.49. The molecule has 1 aromatic heterocycles. The SMILES string of the molecule is CCOc1ccc(NC(=O)C[C@@H]2C(=O)Nc3nc(CC)nn32)cc1. The maximum atomic E-state index is 12.2. The number of hydrogen-bond acceptors (Lipinski definition) is 5. The predicted octanol–water partition coefficient (Wildman–Crippen LogP) is 1.76. The Morgan fingerprint density at radius 1 is 1.33 bits per heavy atom. The average molecular weight is 329 g/mol. The third-order valence-corrected chi connectivity index (χ3v) is 3.65. The van der Waals surface area contributed by atoms with Crippen molar-refractivity contribution in [2.75, 3.05) is 17.2 Å². The first-order chi connectivity index (χ1) is 11.6. The van der Waals surface area contributed by atoms with Crippen LogP contribution in [0.25, 0.3) is 0 Å². The quantitative estimate of drug-likeness (QED) is 0.841. The van der Waals surface area contributed by atoms with Gasteiger partial charge >= 0.3 is 0 Å². The molecule has 0 spiro atoms. The van der Waals surface area contributed by atoms with Crippen LogP contribution in [0.2, 0.25) is 0 Å². The minimum atomic E-state index is -0.671. The number of rotatable bonds is 6. The topological polar surface area (TPSA) is 98.1 Å². The van der Waals surface area contributed by atoms with Gasteiger partial charge in [0.05, 0.1) is 13.0 Å². The number of nitrogens with one attached hydrogen (secondary N) is 2. The Morgan fingerprint density at radius 2 is 2.08 bits per heavy atom. The van der Waals surface area contributed by atoms with E-state index in [4.69, 9.17) is 4.74 Å². The van der Waals surface area contributed by atoms with E-state index in [1.807, 2.05) is 13.8 Å². The van der Waals surface area contributed by atoms with E-state index in [9.17, 15) is 9.59 Å². The molecule has 1 aliphatic heterocycles. The van der Waals surface area contributed by atoms with Crippen LogP contribution in [-0.4, -0.2) is 33.2 Å². The largest absolute Gasteiger partial charge is 0.494 e. The van der Waals surface area contributed by atoms with Gasteiger partial charge in [-0.1, -0.05) is 6.92 Å². The van der Waals surface area contributed by atoms with E-state index in [-0.39, 0.29) is 18.2 Å². The molecule has 0 aliphatic carbocycles. The van der Waals surface area contributed by atoms with Crippen LogP contribution in [0.4, 0.5) is 11.6 Å². The van der Waals surface area contributed by atoms with E-state index in [1.165, 1.54) is 4.68 Å². The van der Waals surface area contributed by atoms with Crippen LogP contribution in [0.15, 0.2) is 24.3 Å². The molecule has 1 aliphatic rings. The number of nitrogens with zero attached hydrogens (tertiary/aromatic N) is 3. The second kappa shape index (κ2) is 6.69. The summed E-state index contributed by atoms with van der Waals surface area (Å²) in [5.74, 6) is 1.25. The standard InChI is InChI=1S/C16H19N5O3/c1-3-13-18-16-19-15(23)12(21(16)20-13)9-14(22)17-10-5-7-11(8-6-10)24-4-2/h5-8,12H,3-4,9H2,1-2H3,(H,17,22)(H,18,19,20,23)/t12-/m1/s1. The summed E-state index contributed by atoms with van der Waals surface area (Å²) in [7, 11) is 0. The van der Waals surface area contributed by atoms with Gasteiger partial charge < -0.3 is 10.1 Å². The molecule has 0 radical (unpaired) electrons. The Bertz CT molecular complexity index is 754. The summed E-state index contributed by atoms with van der Waals surface area (Å²) in [6, 6.07) is 6.41. The smallest absolute Gasteiger partial charge is 0.252 e. The second-order valence-electron chi connectivity index (χ2n) is 5.36. The van der Waals surface area contributed by atoms with E-state index in [1.54, 1.807) is 24.3 Å². The van der Waals surface area contributed by atoms with Gasteiger partial charge in [-0.05, 0) is 31.2 Å². The first kappa shape index (κ1) is 16.0. The molecule has 3 rings (SSSR count). The Kier molecular flexibility index (Phi) is 4.45. The summed E-state index contributed by atoms with van der Waals surface area (Å²) < 4.78 is 6.84. The minimum absolute atomic E-state index is 0.00143. The molecular weight excluding hydrogens is 310 g/mol. The van der Waals surface area contributed by atoms with Crippen molar-refractivity contribution in [3.63, 3.8) is 0 Å². The molecule has 0 saturated carbocycles. The van der Waals surface area contributed by atoms with Crippen LogP contribution >= 0.6 is 0 Å². The number of aryl methyl sites for hydroxylation is 1. The highest BCUT2D eigenvalue weighted by atomic mass is 16.5. The van der Waals surface area contributed by atoms with Gasteiger partial charge in [-0.3, -0.25) is 14.9 Å². The van der Waals surface area contributed by atoms with Crippen LogP contribution in [0.3, 0.4) is 0 Å². The molecule has 24 heavy (non-hydrogen) atoms. The van der Waals surface area contributed by atoms with Gasteiger partial charge in [-0.25, -0.2) is 4.68 Å². The minimum Gasteiger partial charge on any atom is -0.494 e. The first-order valence-electron chi connectivity index (χ1n) is 7.89. The lowest BCUT2D eigenvalue weighted by Crippen LogP contribution is -2.24. The van der Waals surface area contributed by atoms with Crippen molar-refractivity contribution in [3.8, 4) is 5.75 Å². The molecule has 126 valence electrons. The Balaban J connectivity index is 1.64. The van der Waals surface area contributed by atoms with Gasteiger partial charge in [-0.2, -0.15) is 10.1 Å². The van der Waals surface area contributed by atoms with E-state index in [2.05, 4.69) is 20.7 Å². The molecule has 2 aromatic rings. The van der Waals surface area contributed by atoms with Crippen LogP contribution in [0, 0.1) is 0 Å². The monoisotopic (exact) mass is 329 g/mol. The first-order valence-corrected chi connectivity index (χ1v) is 7.89. The molecule has 1 atom stereocenters. The third-order valence-electron chi connectivity index (χ3n) is 3.65. The number of ether oxygens (including phenoxy) is 1. The van der Waals surface area contributed by atoms with Gasteiger partial charge in [0.2, 0.25) is 11.9 Å². The molecule has 0 saturated heterocycles.